The molecule has 7 heteroatoms. The van der Waals surface area contributed by atoms with Crippen LogP contribution in [0.2, 0.25) is 0 Å². The van der Waals surface area contributed by atoms with E-state index in [1.54, 1.807) is 4.68 Å². The molecule has 0 unspecified atom stereocenters. The van der Waals surface area contributed by atoms with Crippen LogP contribution in [-0.2, 0) is 7.05 Å². The number of fused-ring (bicyclic) bond motifs is 1. The van der Waals surface area contributed by atoms with Gasteiger partial charge >= 0.3 is 0 Å². The number of aliphatic hydroxyl groups is 1. The molecule has 0 atom stereocenters. The first-order chi connectivity index (χ1) is 9.76. The van der Waals surface area contributed by atoms with Crippen molar-refractivity contribution >= 4 is 33.1 Å². The molecule has 0 fully saturated rings. The molecule has 2 aromatic rings. The fourth-order valence-corrected chi connectivity index (χ4v) is 3.39. The quantitative estimate of drug-likeness (QED) is 0.783. The SMILES string of the molecule is Cc1nn(C)c2sc(C(=O)NCC(C)(C)CCO)c(N)c12. The Morgan fingerprint density at radius 3 is 2.76 bits per heavy atom. The van der Waals surface area contributed by atoms with Crippen molar-refractivity contribution in [1.82, 2.24) is 15.1 Å². The lowest BCUT2D eigenvalue weighted by Gasteiger charge is -2.23. The number of aliphatic hydroxyl groups excluding tert-OH is 1. The van der Waals surface area contributed by atoms with Gasteiger partial charge in [-0.1, -0.05) is 13.8 Å². The number of hydrogen-bond donors (Lipinski definition) is 3. The fourth-order valence-electron chi connectivity index (χ4n) is 2.29. The summed E-state index contributed by atoms with van der Waals surface area (Å²) in [7, 11) is 1.84. The Morgan fingerprint density at radius 1 is 1.52 bits per heavy atom. The third-order valence-electron chi connectivity index (χ3n) is 3.60. The van der Waals surface area contributed by atoms with Crippen molar-refractivity contribution in [2.75, 3.05) is 18.9 Å². The molecular formula is C14H22N4O2S. The van der Waals surface area contributed by atoms with Crippen LogP contribution in [0.25, 0.3) is 10.2 Å². The zero-order valence-electron chi connectivity index (χ0n) is 12.9. The number of rotatable bonds is 5. The molecule has 2 heterocycles. The van der Waals surface area contributed by atoms with E-state index in [-0.39, 0.29) is 17.9 Å². The van der Waals surface area contributed by atoms with Crippen molar-refractivity contribution in [1.29, 1.82) is 0 Å². The number of amides is 1. The maximum Gasteiger partial charge on any atom is 0.263 e. The predicted octanol–water partition coefficient (Wildman–Crippen LogP) is 1.66. The average Bonchev–Trinajstić information content (AvgIpc) is 2.87. The molecule has 0 aromatic carbocycles. The molecule has 2 aromatic heterocycles. The maximum atomic E-state index is 12.3. The third kappa shape index (κ3) is 3.03. The highest BCUT2D eigenvalue weighted by atomic mass is 32.1. The second-order valence-electron chi connectivity index (χ2n) is 6.05. The number of aromatic nitrogens is 2. The Bertz CT molecular complexity index is 672. The molecule has 21 heavy (non-hydrogen) atoms. The van der Waals surface area contributed by atoms with Crippen LogP contribution in [0.1, 0.15) is 35.6 Å². The minimum atomic E-state index is -0.167. The van der Waals surface area contributed by atoms with Gasteiger partial charge < -0.3 is 16.2 Å². The molecule has 0 aliphatic carbocycles. The summed E-state index contributed by atoms with van der Waals surface area (Å²) in [6.45, 7) is 6.51. The van der Waals surface area contributed by atoms with Crippen LogP contribution in [0.3, 0.4) is 0 Å². The van der Waals surface area contributed by atoms with E-state index in [2.05, 4.69) is 10.4 Å². The van der Waals surface area contributed by atoms with Gasteiger partial charge in [-0.15, -0.1) is 11.3 Å². The van der Waals surface area contributed by atoms with Gasteiger partial charge in [-0.2, -0.15) is 5.10 Å². The zero-order chi connectivity index (χ0) is 15.8. The highest BCUT2D eigenvalue weighted by Gasteiger charge is 2.23. The van der Waals surface area contributed by atoms with Gasteiger partial charge in [0.05, 0.1) is 16.8 Å². The number of aryl methyl sites for hydroxylation is 2. The summed E-state index contributed by atoms with van der Waals surface area (Å²) in [6, 6.07) is 0. The minimum absolute atomic E-state index is 0.110. The van der Waals surface area contributed by atoms with Crippen LogP contribution in [0.5, 0.6) is 0 Å². The van der Waals surface area contributed by atoms with Crippen molar-refractivity contribution in [3.05, 3.63) is 10.6 Å². The molecular weight excluding hydrogens is 288 g/mol. The number of anilines is 1. The van der Waals surface area contributed by atoms with E-state index in [1.165, 1.54) is 11.3 Å². The first kappa shape index (κ1) is 15.8. The molecule has 0 radical (unpaired) electrons. The molecule has 0 spiro atoms. The number of thiophene rings is 1. The van der Waals surface area contributed by atoms with Gasteiger partial charge in [-0.05, 0) is 18.8 Å². The summed E-state index contributed by atoms with van der Waals surface area (Å²) in [5, 5.41) is 17.1. The van der Waals surface area contributed by atoms with Gasteiger partial charge in [0.2, 0.25) is 0 Å². The predicted molar refractivity (Wildman–Crippen MR) is 85.6 cm³/mol. The van der Waals surface area contributed by atoms with Gasteiger partial charge in [0.25, 0.3) is 5.91 Å². The monoisotopic (exact) mass is 310 g/mol. The molecule has 0 aliphatic heterocycles. The first-order valence-corrected chi connectivity index (χ1v) is 7.69. The largest absolute Gasteiger partial charge is 0.397 e. The number of carbonyl (C=O) groups excluding carboxylic acids is 1. The Labute approximate surface area is 127 Å². The number of nitrogens with zero attached hydrogens (tertiary/aromatic N) is 2. The molecule has 2 rings (SSSR count). The van der Waals surface area contributed by atoms with Gasteiger partial charge in [0, 0.05) is 20.2 Å². The summed E-state index contributed by atoms with van der Waals surface area (Å²) in [5.41, 5.74) is 7.30. The maximum absolute atomic E-state index is 12.3. The number of carbonyl (C=O) groups is 1. The molecule has 0 saturated heterocycles. The second-order valence-corrected chi connectivity index (χ2v) is 7.05. The molecule has 4 N–H and O–H groups in total. The Hall–Kier alpha value is -1.60. The van der Waals surface area contributed by atoms with Crippen molar-refractivity contribution in [3.8, 4) is 0 Å². The van der Waals surface area contributed by atoms with Gasteiger partial charge in [-0.3, -0.25) is 9.48 Å². The van der Waals surface area contributed by atoms with E-state index >= 15 is 0 Å². The van der Waals surface area contributed by atoms with Crippen molar-refractivity contribution in [2.45, 2.75) is 27.2 Å². The van der Waals surface area contributed by atoms with E-state index < -0.39 is 0 Å². The molecule has 1 amide bonds. The van der Waals surface area contributed by atoms with Crippen LogP contribution in [-0.4, -0.2) is 33.9 Å². The number of nitrogens with two attached hydrogens (primary N) is 1. The lowest BCUT2D eigenvalue weighted by atomic mass is 9.90. The van der Waals surface area contributed by atoms with Crippen LogP contribution < -0.4 is 11.1 Å². The average molecular weight is 310 g/mol. The lowest BCUT2D eigenvalue weighted by molar-refractivity contribution is 0.0933. The molecule has 116 valence electrons. The third-order valence-corrected chi connectivity index (χ3v) is 4.88. The van der Waals surface area contributed by atoms with E-state index in [9.17, 15) is 4.79 Å². The Balaban J connectivity index is 2.20. The summed E-state index contributed by atoms with van der Waals surface area (Å²) < 4.78 is 1.75. The van der Waals surface area contributed by atoms with Crippen LogP contribution in [0.15, 0.2) is 0 Å². The van der Waals surface area contributed by atoms with Crippen molar-refractivity contribution in [2.24, 2.45) is 12.5 Å². The number of nitrogens with one attached hydrogen (secondary N) is 1. The van der Waals surface area contributed by atoms with Crippen molar-refractivity contribution in [3.63, 3.8) is 0 Å². The molecule has 6 nitrogen and oxygen atoms in total. The summed E-state index contributed by atoms with van der Waals surface area (Å²) in [6.07, 6.45) is 0.637. The Kier molecular flexibility index (Phi) is 4.25. The Morgan fingerprint density at radius 2 is 2.19 bits per heavy atom. The van der Waals surface area contributed by atoms with E-state index in [0.29, 0.717) is 23.5 Å². The van der Waals surface area contributed by atoms with Crippen LogP contribution in [0.4, 0.5) is 5.69 Å². The van der Waals surface area contributed by atoms with E-state index in [4.69, 9.17) is 10.8 Å². The highest BCUT2D eigenvalue weighted by molar-refractivity contribution is 7.21. The molecule has 0 bridgehead atoms. The van der Waals surface area contributed by atoms with Crippen LogP contribution >= 0.6 is 11.3 Å². The number of nitrogen functional groups attached to an aromatic ring is 1. The topological polar surface area (TPSA) is 93.2 Å². The summed E-state index contributed by atoms with van der Waals surface area (Å²) in [4.78, 5) is 13.8. The molecule has 0 saturated carbocycles. The smallest absolute Gasteiger partial charge is 0.263 e. The second kappa shape index (κ2) is 5.65. The van der Waals surface area contributed by atoms with Gasteiger partial charge in [0.15, 0.2) is 0 Å². The minimum Gasteiger partial charge on any atom is -0.397 e. The zero-order valence-corrected chi connectivity index (χ0v) is 13.7. The summed E-state index contributed by atoms with van der Waals surface area (Å²) in [5.74, 6) is -0.167. The first-order valence-electron chi connectivity index (χ1n) is 6.87. The fraction of sp³-hybridized carbons (Fsp3) is 0.571. The highest BCUT2D eigenvalue weighted by Crippen LogP contribution is 2.35. The van der Waals surface area contributed by atoms with Gasteiger partial charge in [-0.25, -0.2) is 0 Å². The van der Waals surface area contributed by atoms with E-state index in [0.717, 1.165) is 15.9 Å². The molecule has 0 aliphatic rings. The number of hydrogen-bond acceptors (Lipinski definition) is 5. The van der Waals surface area contributed by atoms with Gasteiger partial charge in [0.1, 0.15) is 9.71 Å². The normalized spacial score (nSPS) is 12.0. The lowest BCUT2D eigenvalue weighted by Crippen LogP contribution is -2.34. The van der Waals surface area contributed by atoms with Crippen LogP contribution in [0, 0.1) is 12.3 Å². The standard InChI is InChI=1S/C14H22N4O2S/c1-8-9-10(15)11(21-13(9)18(4)17-8)12(20)16-7-14(2,3)5-6-19/h19H,5-7,15H2,1-4H3,(H,16,20). The van der Waals surface area contributed by atoms with Crippen molar-refractivity contribution < 1.29 is 9.90 Å². The van der Waals surface area contributed by atoms with E-state index in [1.807, 2.05) is 27.8 Å². The summed E-state index contributed by atoms with van der Waals surface area (Å²) >= 11 is 1.36.